The van der Waals surface area contributed by atoms with E-state index in [1.165, 1.54) is 11.3 Å². The van der Waals surface area contributed by atoms with E-state index in [9.17, 15) is 4.79 Å². The van der Waals surface area contributed by atoms with Gasteiger partial charge in [0, 0.05) is 19.2 Å². The molecule has 1 atom stereocenters. The number of carbonyl (C=O) groups excluding carboxylic acids is 1. The van der Waals surface area contributed by atoms with Crippen LogP contribution in [0.4, 0.5) is 0 Å². The average Bonchev–Trinajstić information content (AvgIpc) is 2.81. The Bertz CT molecular complexity index is 455. The summed E-state index contributed by atoms with van der Waals surface area (Å²) in [6, 6.07) is 0. The standard InChI is InChI=1S/C11H16N2O2S/c1-7-10(8(2)14)16-11(12)13(7)6-9-4-3-5-15-9/h9,12H,3-6H2,1-2H3/t9-/m1/s1. The summed E-state index contributed by atoms with van der Waals surface area (Å²) < 4.78 is 7.44. The van der Waals surface area contributed by atoms with E-state index in [1.54, 1.807) is 6.92 Å². The van der Waals surface area contributed by atoms with Gasteiger partial charge in [-0.2, -0.15) is 0 Å². The molecule has 0 spiro atoms. The molecule has 2 heterocycles. The van der Waals surface area contributed by atoms with E-state index >= 15 is 0 Å². The van der Waals surface area contributed by atoms with Gasteiger partial charge in [0.1, 0.15) is 0 Å². The van der Waals surface area contributed by atoms with Crippen LogP contribution in [0.25, 0.3) is 0 Å². The van der Waals surface area contributed by atoms with Crippen LogP contribution >= 0.6 is 11.3 Å². The summed E-state index contributed by atoms with van der Waals surface area (Å²) in [4.78, 5) is 12.5. The molecule has 1 aliphatic heterocycles. The zero-order valence-corrected chi connectivity index (χ0v) is 10.4. The highest BCUT2D eigenvalue weighted by Crippen LogP contribution is 2.17. The fourth-order valence-corrected chi connectivity index (χ4v) is 2.96. The summed E-state index contributed by atoms with van der Waals surface area (Å²) in [5, 5.41) is 7.86. The third-order valence-corrected chi connectivity index (χ3v) is 4.11. The quantitative estimate of drug-likeness (QED) is 0.818. The lowest BCUT2D eigenvalue weighted by molar-refractivity contribution is 0.0952. The lowest BCUT2D eigenvalue weighted by Gasteiger charge is -2.11. The number of hydrogen-bond donors (Lipinski definition) is 1. The Kier molecular flexibility index (Phi) is 3.25. The molecule has 0 bridgehead atoms. The van der Waals surface area contributed by atoms with Gasteiger partial charge in [-0.05, 0) is 19.8 Å². The highest BCUT2D eigenvalue weighted by atomic mass is 32.1. The number of Topliss-reactive ketones (excluding diaryl/α,β-unsaturated/α-hetero) is 1. The van der Waals surface area contributed by atoms with Crippen molar-refractivity contribution < 1.29 is 9.53 Å². The van der Waals surface area contributed by atoms with Crippen LogP contribution in [0.5, 0.6) is 0 Å². The number of ether oxygens (including phenoxy) is 1. The number of hydrogen-bond acceptors (Lipinski definition) is 4. The fourth-order valence-electron chi connectivity index (χ4n) is 2.04. The zero-order valence-electron chi connectivity index (χ0n) is 9.58. The molecule has 16 heavy (non-hydrogen) atoms. The Morgan fingerprint density at radius 1 is 1.69 bits per heavy atom. The molecule has 1 aliphatic rings. The van der Waals surface area contributed by atoms with Gasteiger partial charge in [0.25, 0.3) is 0 Å². The van der Waals surface area contributed by atoms with E-state index in [0.29, 0.717) is 16.2 Å². The second kappa shape index (κ2) is 4.51. The Hall–Kier alpha value is -0.940. The van der Waals surface area contributed by atoms with Gasteiger partial charge < -0.3 is 9.30 Å². The third kappa shape index (κ3) is 2.10. The summed E-state index contributed by atoms with van der Waals surface area (Å²) in [5.41, 5.74) is 0.901. The number of thiazole rings is 1. The van der Waals surface area contributed by atoms with E-state index < -0.39 is 0 Å². The van der Waals surface area contributed by atoms with Crippen LogP contribution in [0.15, 0.2) is 0 Å². The maximum Gasteiger partial charge on any atom is 0.182 e. The molecule has 0 aliphatic carbocycles. The molecule has 0 radical (unpaired) electrons. The predicted octanol–water partition coefficient (Wildman–Crippen LogP) is 1.72. The molecule has 1 aromatic heterocycles. The molecule has 0 unspecified atom stereocenters. The lowest BCUT2D eigenvalue weighted by Crippen LogP contribution is -2.23. The van der Waals surface area contributed by atoms with Gasteiger partial charge in [0.2, 0.25) is 0 Å². The second-order valence-corrected chi connectivity index (χ2v) is 5.12. The van der Waals surface area contributed by atoms with E-state index in [2.05, 4.69) is 0 Å². The van der Waals surface area contributed by atoms with Crippen LogP contribution < -0.4 is 4.80 Å². The van der Waals surface area contributed by atoms with E-state index in [0.717, 1.165) is 25.1 Å². The van der Waals surface area contributed by atoms with Crippen molar-refractivity contribution in [3.8, 4) is 0 Å². The van der Waals surface area contributed by atoms with E-state index in [4.69, 9.17) is 10.1 Å². The minimum Gasteiger partial charge on any atom is -0.376 e. The van der Waals surface area contributed by atoms with Crippen LogP contribution in [0, 0.1) is 12.3 Å². The molecule has 1 saturated heterocycles. The summed E-state index contributed by atoms with van der Waals surface area (Å²) in [6.45, 7) is 4.98. The van der Waals surface area contributed by atoms with E-state index in [1.807, 2.05) is 11.5 Å². The molecule has 4 nitrogen and oxygen atoms in total. The molecular weight excluding hydrogens is 224 g/mol. The van der Waals surface area contributed by atoms with Crippen molar-refractivity contribution in [3.05, 3.63) is 15.4 Å². The van der Waals surface area contributed by atoms with Crippen LogP contribution in [0.3, 0.4) is 0 Å². The smallest absolute Gasteiger partial charge is 0.182 e. The first-order valence-corrected chi connectivity index (χ1v) is 6.28. The van der Waals surface area contributed by atoms with Crippen molar-refractivity contribution in [1.82, 2.24) is 4.57 Å². The maximum atomic E-state index is 11.4. The first kappa shape index (κ1) is 11.5. The van der Waals surface area contributed by atoms with Gasteiger partial charge in [-0.3, -0.25) is 10.2 Å². The van der Waals surface area contributed by atoms with Crippen LogP contribution in [0.1, 0.15) is 35.1 Å². The number of carbonyl (C=O) groups is 1. The molecular formula is C11H16N2O2S. The largest absolute Gasteiger partial charge is 0.376 e. The van der Waals surface area contributed by atoms with Gasteiger partial charge in [-0.25, -0.2) is 0 Å². The third-order valence-electron chi connectivity index (χ3n) is 2.91. The predicted molar refractivity (Wildman–Crippen MR) is 61.9 cm³/mol. The Morgan fingerprint density at radius 3 is 2.94 bits per heavy atom. The van der Waals surface area contributed by atoms with Crippen molar-refractivity contribution in [2.75, 3.05) is 6.61 Å². The van der Waals surface area contributed by atoms with Crippen molar-refractivity contribution in [1.29, 1.82) is 5.41 Å². The fraction of sp³-hybridized carbons (Fsp3) is 0.636. The molecule has 1 fully saturated rings. The first-order valence-electron chi connectivity index (χ1n) is 5.47. The maximum absolute atomic E-state index is 11.4. The lowest BCUT2D eigenvalue weighted by atomic mass is 10.2. The molecule has 0 amide bonds. The molecule has 1 N–H and O–H groups in total. The van der Waals surface area contributed by atoms with Crippen LogP contribution in [-0.2, 0) is 11.3 Å². The minimum absolute atomic E-state index is 0.0436. The van der Waals surface area contributed by atoms with Crippen LogP contribution in [0.2, 0.25) is 0 Å². The van der Waals surface area contributed by atoms with Gasteiger partial charge in [0.05, 0.1) is 17.5 Å². The van der Waals surface area contributed by atoms with Crippen molar-refractivity contribution >= 4 is 17.1 Å². The number of rotatable bonds is 3. The topological polar surface area (TPSA) is 55.1 Å². The molecule has 2 rings (SSSR count). The minimum atomic E-state index is 0.0436. The number of aromatic nitrogens is 1. The average molecular weight is 240 g/mol. The SMILES string of the molecule is CC(=O)c1sc(=N)n(C[C@H]2CCCO2)c1C. The van der Waals surface area contributed by atoms with Crippen molar-refractivity contribution in [2.24, 2.45) is 0 Å². The summed E-state index contributed by atoms with van der Waals surface area (Å²) in [5.74, 6) is 0.0436. The first-order chi connectivity index (χ1) is 7.59. The van der Waals surface area contributed by atoms with Gasteiger partial charge in [0.15, 0.2) is 10.6 Å². The molecule has 1 aromatic rings. The second-order valence-electron chi connectivity index (χ2n) is 4.12. The van der Waals surface area contributed by atoms with Crippen molar-refractivity contribution in [2.45, 2.75) is 39.3 Å². The number of nitrogens with zero attached hydrogens (tertiary/aromatic N) is 1. The molecule has 0 aromatic carbocycles. The molecule has 88 valence electrons. The summed E-state index contributed by atoms with van der Waals surface area (Å²) in [7, 11) is 0. The highest BCUT2D eigenvalue weighted by Gasteiger charge is 2.19. The molecule has 5 heteroatoms. The van der Waals surface area contributed by atoms with E-state index in [-0.39, 0.29) is 11.9 Å². The summed E-state index contributed by atoms with van der Waals surface area (Å²) >= 11 is 1.26. The molecule has 0 saturated carbocycles. The normalized spacial score (nSPS) is 20.2. The van der Waals surface area contributed by atoms with Gasteiger partial charge >= 0.3 is 0 Å². The van der Waals surface area contributed by atoms with Gasteiger partial charge in [-0.15, -0.1) is 0 Å². The van der Waals surface area contributed by atoms with Crippen molar-refractivity contribution in [3.63, 3.8) is 0 Å². The Labute approximate surface area is 98.4 Å². The zero-order chi connectivity index (χ0) is 11.7. The Balaban J connectivity index is 2.26. The monoisotopic (exact) mass is 240 g/mol. The van der Waals surface area contributed by atoms with Gasteiger partial charge in [-0.1, -0.05) is 11.3 Å². The Morgan fingerprint density at radius 2 is 2.44 bits per heavy atom. The highest BCUT2D eigenvalue weighted by molar-refractivity contribution is 7.11. The number of nitrogens with one attached hydrogen (secondary N) is 1. The number of ketones is 1. The van der Waals surface area contributed by atoms with Crippen LogP contribution in [-0.4, -0.2) is 23.1 Å². The summed E-state index contributed by atoms with van der Waals surface area (Å²) in [6.07, 6.45) is 2.36.